The van der Waals surface area contributed by atoms with E-state index in [4.69, 9.17) is 4.52 Å². The second-order valence-corrected chi connectivity index (χ2v) is 8.84. The predicted octanol–water partition coefficient (Wildman–Crippen LogP) is 4.26. The van der Waals surface area contributed by atoms with Crippen molar-refractivity contribution in [3.8, 4) is 11.4 Å². The van der Waals surface area contributed by atoms with Gasteiger partial charge in [-0.3, -0.25) is 14.5 Å². The average molecular weight is 482 g/mol. The Morgan fingerprint density at radius 1 is 0.861 bits per heavy atom. The first-order valence-electron chi connectivity index (χ1n) is 11.9. The molecule has 0 bridgehead atoms. The van der Waals surface area contributed by atoms with Crippen LogP contribution in [0, 0.1) is 6.92 Å². The maximum atomic E-state index is 13.0. The first kappa shape index (κ1) is 23.4. The van der Waals surface area contributed by atoms with E-state index < -0.39 is 0 Å². The summed E-state index contributed by atoms with van der Waals surface area (Å²) in [6, 6.07) is 24.1. The van der Waals surface area contributed by atoms with Gasteiger partial charge >= 0.3 is 0 Å². The molecule has 0 aliphatic carbocycles. The summed E-state index contributed by atoms with van der Waals surface area (Å²) in [5.74, 6) is 0.953. The van der Waals surface area contributed by atoms with Crippen LogP contribution >= 0.6 is 0 Å². The van der Waals surface area contributed by atoms with E-state index in [1.165, 1.54) is 5.56 Å². The standard InChI is InChI=1S/C28H27N5O3/c1-20-7-9-21(10-8-20)26-30-25(36-31-26)19-32-15-17-33(18-16-32)28(35)23-11-13-24(14-12-23)29-27(34)22-5-3-2-4-6-22/h2-14H,15-19H2,1H3,(H,29,34). The maximum absolute atomic E-state index is 13.0. The third-order valence-corrected chi connectivity index (χ3v) is 6.22. The smallest absolute Gasteiger partial charge is 0.255 e. The number of benzene rings is 3. The second-order valence-electron chi connectivity index (χ2n) is 8.84. The number of carbonyl (C=O) groups excluding carboxylic acids is 2. The van der Waals surface area contributed by atoms with Crippen molar-refractivity contribution in [1.29, 1.82) is 0 Å². The molecule has 0 saturated carbocycles. The van der Waals surface area contributed by atoms with Gasteiger partial charge in [-0.1, -0.05) is 53.2 Å². The number of anilines is 1. The molecule has 1 saturated heterocycles. The molecule has 1 aliphatic heterocycles. The van der Waals surface area contributed by atoms with Crippen molar-refractivity contribution in [2.45, 2.75) is 13.5 Å². The van der Waals surface area contributed by atoms with Crippen LogP contribution < -0.4 is 5.32 Å². The van der Waals surface area contributed by atoms with Gasteiger partial charge in [-0.25, -0.2) is 0 Å². The Balaban J connectivity index is 1.12. The fourth-order valence-corrected chi connectivity index (χ4v) is 4.11. The van der Waals surface area contributed by atoms with Crippen molar-refractivity contribution in [3.05, 3.63) is 101 Å². The SMILES string of the molecule is Cc1ccc(-c2noc(CN3CCN(C(=O)c4ccc(NC(=O)c5ccccc5)cc4)CC3)n2)cc1. The first-order valence-corrected chi connectivity index (χ1v) is 11.9. The normalized spacial score (nSPS) is 14.0. The molecule has 182 valence electrons. The molecule has 0 radical (unpaired) electrons. The monoisotopic (exact) mass is 481 g/mol. The number of hydrogen-bond donors (Lipinski definition) is 1. The molecule has 1 aromatic heterocycles. The lowest BCUT2D eigenvalue weighted by atomic mass is 10.1. The molecule has 1 fully saturated rings. The zero-order valence-corrected chi connectivity index (χ0v) is 20.1. The van der Waals surface area contributed by atoms with Crippen LogP contribution in [-0.2, 0) is 6.54 Å². The minimum Gasteiger partial charge on any atom is -0.338 e. The molecule has 8 heteroatoms. The molecule has 5 rings (SSSR count). The van der Waals surface area contributed by atoms with E-state index in [0.29, 0.717) is 48.2 Å². The highest BCUT2D eigenvalue weighted by Crippen LogP contribution is 2.18. The number of piperazine rings is 1. The molecule has 3 aromatic carbocycles. The molecule has 0 unspecified atom stereocenters. The summed E-state index contributed by atoms with van der Waals surface area (Å²) in [5.41, 5.74) is 3.94. The van der Waals surface area contributed by atoms with Gasteiger partial charge in [0.2, 0.25) is 11.7 Å². The van der Waals surface area contributed by atoms with Gasteiger partial charge in [0.05, 0.1) is 6.54 Å². The van der Waals surface area contributed by atoms with Gasteiger partial charge in [0.15, 0.2) is 0 Å². The molecule has 8 nitrogen and oxygen atoms in total. The molecule has 2 heterocycles. The minimum atomic E-state index is -0.182. The van der Waals surface area contributed by atoms with Crippen molar-refractivity contribution >= 4 is 17.5 Å². The Hall–Kier alpha value is -4.30. The summed E-state index contributed by atoms with van der Waals surface area (Å²) in [7, 11) is 0. The lowest BCUT2D eigenvalue weighted by Crippen LogP contribution is -2.48. The number of rotatable bonds is 6. The van der Waals surface area contributed by atoms with Gasteiger partial charge in [-0.05, 0) is 43.3 Å². The summed E-state index contributed by atoms with van der Waals surface area (Å²) >= 11 is 0. The number of nitrogens with one attached hydrogen (secondary N) is 1. The molecule has 4 aromatic rings. The number of aromatic nitrogens is 2. The lowest BCUT2D eigenvalue weighted by molar-refractivity contribution is 0.0615. The Morgan fingerprint density at radius 2 is 1.56 bits per heavy atom. The largest absolute Gasteiger partial charge is 0.338 e. The Morgan fingerprint density at radius 3 is 2.25 bits per heavy atom. The second kappa shape index (κ2) is 10.5. The Bertz CT molecular complexity index is 1330. The van der Waals surface area contributed by atoms with Crippen LogP contribution in [0.4, 0.5) is 5.69 Å². The third kappa shape index (κ3) is 5.50. The maximum Gasteiger partial charge on any atom is 0.255 e. The van der Waals surface area contributed by atoms with Crippen LogP contribution in [0.1, 0.15) is 32.2 Å². The molecule has 2 amide bonds. The van der Waals surface area contributed by atoms with E-state index in [2.05, 4.69) is 20.4 Å². The highest BCUT2D eigenvalue weighted by atomic mass is 16.5. The predicted molar refractivity (Wildman–Crippen MR) is 136 cm³/mol. The van der Waals surface area contributed by atoms with E-state index in [-0.39, 0.29) is 11.8 Å². The lowest BCUT2D eigenvalue weighted by Gasteiger charge is -2.34. The van der Waals surface area contributed by atoms with Gasteiger partial charge in [0.25, 0.3) is 11.8 Å². The van der Waals surface area contributed by atoms with Gasteiger partial charge in [-0.2, -0.15) is 4.98 Å². The van der Waals surface area contributed by atoms with Crippen LogP contribution in [0.5, 0.6) is 0 Å². The summed E-state index contributed by atoms with van der Waals surface area (Å²) in [6.07, 6.45) is 0. The van der Waals surface area contributed by atoms with Crippen molar-refractivity contribution in [3.63, 3.8) is 0 Å². The van der Waals surface area contributed by atoms with Gasteiger partial charge in [-0.15, -0.1) is 0 Å². The minimum absolute atomic E-state index is 0.0185. The van der Waals surface area contributed by atoms with Crippen molar-refractivity contribution < 1.29 is 14.1 Å². The van der Waals surface area contributed by atoms with E-state index in [1.807, 2.05) is 54.3 Å². The molecular formula is C28H27N5O3. The van der Waals surface area contributed by atoms with Gasteiger partial charge in [0.1, 0.15) is 0 Å². The first-order chi connectivity index (χ1) is 17.5. The van der Waals surface area contributed by atoms with E-state index in [0.717, 1.165) is 18.7 Å². The van der Waals surface area contributed by atoms with Crippen LogP contribution in [0.3, 0.4) is 0 Å². The molecule has 36 heavy (non-hydrogen) atoms. The number of nitrogens with zero attached hydrogens (tertiary/aromatic N) is 4. The highest BCUT2D eigenvalue weighted by molar-refractivity contribution is 6.04. The fourth-order valence-electron chi connectivity index (χ4n) is 4.11. The van der Waals surface area contributed by atoms with Crippen LogP contribution in [0.2, 0.25) is 0 Å². The highest BCUT2D eigenvalue weighted by Gasteiger charge is 2.23. The van der Waals surface area contributed by atoms with E-state index in [1.54, 1.807) is 36.4 Å². The molecule has 1 aliphatic rings. The number of hydrogen-bond acceptors (Lipinski definition) is 6. The van der Waals surface area contributed by atoms with E-state index >= 15 is 0 Å². The van der Waals surface area contributed by atoms with Crippen LogP contribution in [0.15, 0.2) is 83.4 Å². The number of carbonyl (C=O) groups is 2. The zero-order valence-electron chi connectivity index (χ0n) is 20.1. The molecular weight excluding hydrogens is 454 g/mol. The summed E-state index contributed by atoms with van der Waals surface area (Å²) in [4.78, 5) is 33.9. The molecule has 0 atom stereocenters. The number of amides is 2. The summed E-state index contributed by atoms with van der Waals surface area (Å²) < 4.78 is 5.45. The third-order valence-electron chi connectivity index (χ3n) is 6.22. The Labute approximate surface area is 209 Å². The Kier molecular flexibility index (Phi) is 6.86. The molecule has 0 spiro atoms. The van der Waals surface area contributed by atoms with Crippen molar-refractivity contribution in [1.82, 2.24) is 19.9 Å². The fraction of sp³-hybridized carbons (Fsp3) is 0.214. The summed E-state index contributed by atoms with van der Waals surface area (Å²) in [5, 5.41) is 6.96. The zero-order chi connectivity index (χ0) is 24.9. The number of aryl methyl sites for hydroxylation is 1. The van der Waals surface area contributed by atoms with E-state index in [9.17, 15) is 9.59 Å². The quantitative estimate of drug-likeness (QED) is 0.443. The van der Waals surface area contributed by atoms with Crippen LogP contribution in [0.25, 0.3) is 11.4 Å². The van der Waals surface area contributed by atoms with Crippen LogP contribution in [-0.4, -0.2) is 57.9 Å². The van der Waals surface area contributed by atoms with Gasteiger partial charge < -0.3 is 14.7 Å². The topological polar surface area (TPSA) is 91.6 Å². The van der Waals surface area contributed by atoms with Crippen molar-refractivity contribution in [2.24, 2.45) is 0 Å². The van der Waals surface area contributed by atoms with Crippen molar-refractivity contribution in [2.75, 3.05) is 31.5 Å². The molecule has 1 N–H and O–H groups in total. The summed E-state index contributed by atoms with van der Waals surface area (Å²) in [6.45, 7) is 5.26. The van der Waals surface area contributed by atoms with Gasteiger partial charge in [0, 0.05) is 48.6 Å². The average Bonchev–Trinajstić information content (AvgIpc) is 3.38.